The number of carbonyl (C=O) groups is 1. The van der Waals surface area contributed by atoms with Crippen LogP contribution in [-0.2, 0) is 4.79 Å². The van der Waals surface area contributed by atoms with Crippen LogP contribution in [0, 0.1) is 19.8 Å². The van der Waals surface area contributed by atoms with Crippen LogP contribution in [0.3, 0.4) is 0 Å². The summed E-state index contributed by atoms with van der Waals surface area (Å²) >= 11 is 0. The first-order valence-electron chi connectivity index (χ1n) is 6.24. The average molecular weight is 250 g/mol. The summed E-state index contributed by atoms with van der Waals surface area (Å²) in [5.41, 5.74) is 1.39. The van der Waals surface area contributed by atoms with Crippen LogP contribution in [0.25, 0.3) is 0 Å². The molecule has 0 fully saturated rings. The lowest BCUT2D eigenvalue weighted by Gasteiger charge is -2.34. The van der Waals surface area contributed by atoms with Gasteiger partial charge in [-0.05, 0) is 36.5 Å². The van der Waals surface area contributed by atoms with Crippen LogP contribution in [0.2, 0.25) is 0 Å². The van der Waals surface area contributed by atoms with E-state index >= 15 is 0 Å². The predicted octanol–water partition coefficient (Wildman–Crippen LogP) is 2.88. The van der Waals surface area contributed by atoms with E-state index in [1.807, 2.05) is 32.0 Å². The summed E-state index contributed by atoms with van der Waals surface area (Å²) in [5, 5.41) is 19.8. The minimum atomic E-state index is -1.73. The summed E-state index contributed by atoms with van der Waals surface area (Å²) in [5.74, 6) is -1.97. The molecule has 1 aromatic carbocycles. The molecule has 0 aliphatic carbocycles. The molecule has 0 bridgehead atoms. The number of carboxylic acid groups (broad SMARTS) is 1. The minimum absolute atomic E-state index is 0.355. The van der Waals surface area contributed by atoms with Crippen molar-refractivity contribution in [2.75, 3.05) is 0 Å². The molecule has 3 heteroatoms. The second kappa shape index (κ2) is 5.11. The lowest BCUT2D eigenvalue weighted by molar-refractivity contribution is -0.166. The number of hydrogen-bond acceptors (Lipinski definition) is 2. The Balaban J connectivity index is 3.22. The van der Waals surface area contributed by atoms with Crippen molar-refractivity contribution >= 4 is 5.97 Å². The van der Waals surface area contributed by atoms with Crippen LogP contribution in [-0.4, -0.2) is 21.8 Å². The van der Waals surface area contributed by atoms with Gasteiger partial charge >= 0.3 is 5.97 Å². The highest BCUT2D eigenvalue weighted by atomic mass is 16.4. The smallest absolute Gasteiger partial charge is 0.336 e. The van der Waals surface area contributed by atoms with Crippen LogP contribution in [0.15, 0.2) is 18.2 Å². The number of benzene rings is 1. The van der Waals surface area contributed by atoms with E-state index in [2.05, 4.69) is 0 Å². The lowest BCUT2D eigenvalue weighted by atomic mass is 9.75. The van der Waals surface area contributed by atoms with Crippen molar-refractivity contribution in [2.45, 2.75) is 46.1 Å². The van der Waals surface area contributed by atoms with Gasteiger partial charge in [-0.15, -0.1) is 0 Å². The van der Waals surface area contributed by atoms with Gasteiger partial charge in [0.1, 0.15) is 0 Å². The van der Waals surface area contributed by atoms with Gasteiger partial charge in [0, 0.05) is 5.92 Å². The molecule has 3 nitrogen and oxygen atoms in total. The van der Waals surface area contributed by atoms with Crippen LogP contribution in [0.5, 0.6) is 0 Å². The molecule has 1 rings (SSSR count). The van der Waals surface area contributed by atoms with E-state index in [4.69, 9.17) is 0 Å². The molecule has 0 amide bonds. The molecule has 0 aliphatic rings. The average Bonchev–Trinajstić information content (AvgIpc) is 2.30. The molecule has 0 saturated carbocycles. The zero-order valence-electron chi connectivity index (χ0n) is 11.7. The molecule has 0 heterocycles. The molecule has 0 aliphatic heterocycles. The maximum absolute atomic E-state index is 11.4. The van der Waals surface area contributed by atoms with Crippen LogP contribution < -0.4 is 0 Å². The van der Waals surface area contributed by atoms with E-state index < -0.39 is 17.5 Å². The van der Waals surface area contributed by atoms with E-state index in [0.717, 1.165) is 16.7 Å². The Hall–Kier alpha value is -1.35. The normalized spacial score (nSPS) is 16.4. The minimum Gasteiger partial charge on any atom is -0.479 e. The Labute approximate surface area is 108 Å². The first kappa shape index (κ1) is 14.7. The Morgan fingerprint density at radius 2 is 1.72 bits per heavy atom. The van der Waals surface area contributed by atoms with Gasteiger partial charge in [0.15, 0.2) is 5.60 Å². The van der Waals surface area contributed by atoms with Gasteiger partial charge in [-0.3, -0.25) is 0 Å². The zero-order chi connectivity index (χ0) is 14.1. The standard InChI is InChI=1S/C15H22O3/c1-9(2)15(18,14(16)17)12(5)13-7-6-10(3)11(4)8-13/h6-9,12,18H,1-5H3,(H,16,17). The molecular formula is C15H22O3. The third kappa shape index (κ3) is 2.41. The monoisotopic (exact) mass is 250 g/mol. The molecule has 2 unspecified atom stereocenters. The van der Waals surface area contributed by atoms with Crippen LogP contribution >= 0.6 is 0 Å². The van der Waals surface area contributed by atoms with Crippen molar-refractivity contribution in [1.29, 1.82) is 0 Å². The van der Waals surface area contributed by atoms with Crippen molar-refractivity contribution in [1.82, 2.24) is 0 Å². The first-order chi connectivity index (χ1) is 8.21. The Morgan fingerprint density at radius 1 is 1.17 bits per heavy atom. The van der Waals surface area contributed by atoms with Crippen LogP contribution in [0.1, 0.15) is 43.4 Å². The maximum atomic E-state index is 11.4. The number of hydrogen-bond donors (Lipinski definition) is 2. The highest BCUT2D eigenvalue weighted by Gasteiger charge is 2.45. The summed E-state index contributed by atoms with van der Waals surface area (Å²) in [6.07, 6.45) is 0. The fourth-order valence-electron chi connectivity index (χ4n) is 2.22. The quantitative estimate of drug-likeness (QED) is 0.864. The van der Waals surface area contributed by atoms with Crippen molar-refractivity contribution < 1.29 is 15.0 Å². The molecule has 2 N–H and O–H groups in total. The summed E-state index contributed by atoms with van der Waals surface area (Å²) in [7, 11) is 0. The van der Waals surface area contributed by atoms with E-state index in [1.54, 1.807) is 20.8 Å². The van der Waals surface area contributed by atoms with Gasteiger partial charge in [0.05, 0.1) is 0 Å². The van der Waals surface area contributed by atoms with Gasteiger partial charge in [-0.1, -0.05) is 39.0 Å². The summed E-state index contributed by atoms with van der Waals surface area (Å²) in [6, 6.07) is 5.81. The lowest BCUT2D eigenvalue weighted by Crippen LogP contribution is -2.48. The third-order valence-electron chi connectivity index (χ3n) is 3.91. The SMILES string of the molecule is Cc1ccc(C(C)C(O)(C(=O)O)C(C)C)cc1C. The largest absolute Gasteiger partial charge is 0.479 e. The summed E-state index contributed by atoms with van der Waals surface area (Å²) in [6.45, 7) is 9.21. The zero-order valence-corrected chi connectivity index (χ0v) is 11.7. The van der Waals surface area contributed by atoms with E-state index in [0.29, 0.717) is 0 Å². The van der Waals surface area contributed by atoms with E-state index in [9.17, 15) is 15.0 Å². The third-order valence-corrected chi connectivity index (χ3v) is 3.91. The molecule has 0 saturated heterocycles. The molecule has 1 aromatic rings. The first-order valence-corrected chi connectivity index (χ1v) is 6.24. The molecule has 0 radical (unpaired) electrons. The Bertz CT molecular complexity index is 451. The van der Waals surface area contributed by atoms with Crippen molar-refractivity contribution in [3.05, 3.63) is 34.9 Å². The topological polar surface area (TPSA) is 57.5 Å². The molecule has 18 heavy (non-hydrogen) atoms. The summed E-state index contributed by atoms with van der Waals surface area (Å²) < 4.78 is 0. The number of aliphatic hydroxyl groups is 1. The predicted molar refractivity (Wildman–Crippen MR) is 71.8 cm³/mol. The summed E-state index contributed by atoms with van der Waals surface area (Å²) in [4.78, 5) is 11.4. The second-order valence-corrected chi connectivity index (χ2v) is 5.35. The number of rotatable bonds is 4. The fourth-order valence-corrected chi connectivity index (χ4v) is 2.22. The van der Waals surface area contributed by atoms with Gasteiger partial charge in [0.2, 0.25) is 0 Å². The molecule has 100 valence electrons. The van der Waals surface area contributed by atoms with E-state index in [1.165, 1.54) is 0 Å². The van der Waals surface area contributed by atoms with Crippen LogP contribution in [0.4, 0.5) is 0 Å². The molecule has 0 aromatic heterocycles. The molecule has 2 atom stereocenters. The number of carboxylic acids is 1. The van der Waals surface area contributed by atoms with Gasteiger partial charge < -0.3 is 10.2 Å². The maximum Gasteiger partial charge on any atom is 0.336 e. The fraction of sp³-hybridized carbons (Fsp3) is 0.533. The second-order valence-electron chi connectivity index (χ2n) is 5.35. The molecular weight excluding hydrogens is 228 g/mol. The van der Waals surface area contributed by atoms with Crippen molar-refractivity contribution in [3.8, 4) is 0 Å². The number of aliphatic carboxylic acids is 1. The van der Waals surface area contributed by atoms with E-state index in [-0.39, 0.29) is 5.92 Å². The highest BCUT2D eigenvalue weighted by molar-refractivity contribution is 5.79. The van der Waals surface area contributed by atoms with Gasteiger partial charge in [-0.2, -0.15) is 0 Å². The Kier molecular flexibility index (Phi) is 4.17. The Morgan fingerprint density at radius 3 is 2.11 bits per heavy atom. The van der Waals surface area contributed by atoms with Crippen molar-refractivity contribution in [2.24, 2.45) is 5.92 Å². The van der Waals surface area contributed by atoms with Crippen molar-refractivity contribution in [3.63, 3.8) is 0 Å². The highest BCUT2D eigenvalue weighted by Crippen LogP contribution is 2.35. The van der Waals surface area contributed by atoms with Gasteiger partial charge in [-0.25, -0.2) is 4.79 Å². The van der Waals surface area contributed by atoms with Gasteiger partial charge in [0.25, 0.3) is 0 Å². The number of aryl methyl sites for hydroxylation is 2. The molecule has 0 spiro atoms.